The zero-order valence-corrected chi connectivity index (χ0v) is 57.1. The third-order valence-electron chi connectivity index (χ3n) is 13.9. The summed E-state index contributed by atoms with van der Waals surface area (Å²) < 4.78 is 64.8. The van der Waals surface area contributed by atoms with Crippen molar-refractivity contribution in [1.82, 2.24) is 23.7 Å². The standard InChI is InChI=1S/2C15H9ClFNO3.C15H10ClNO3.2C8H4ClNO3.C8H9F.CH3I/c2*16-10-3-6-13-12(7-10)14(19)21-15(20)18(13)8-9-1-4-11(17)5-2-9;16-11-6-7-13-12(8-11)14(18)20-15(19)17(13)9-10-4-2-1-3-5-10;2*9-4-1-2-6-5(3-4)7(11)13-8(12)10-6;1-2-7-3-5-8(9)6-4-7;1-2/h2*1-7H,8H2;1-8H,9H2;2*1-3H,(H,10,12);3-6H,2H2,1H3;1H3. The van der Waals surface area contributed by atoms with Crippen LogP contribution in [0.1, 0.15) is 29.2 Å². The molecule has 14 aromatic rings. The van der Waals surface area contributed by atoms with Gasteiger partial charge in [-0.05, 0) is 161 Å². The van der Waals surface area contributed by atoms with Gasteiger partial charge in [-0.3, -0.25) is 23.7 Å². The summed E-state index contributed by atoms with van der Waals surface area (Å²) in [7, 11) is 0. The molecule has 0 saturated heterocycles. The van der Waals surface area contributed by atoms with Gasteiger partial charge in [0.15, 0.2) is 0 Å². The summed E-state index contributed by atoms with van der Waals surface area (Å²) in [5, 5.41) is 3.32. The van der Waals surface area contributed by atoms with E-state index in [4.69, 9.17) is 71.3 Å². The van der Waals surface area contributed by atoms with Crippen LogP contribution in [-0.2, 0) is 26.1 Å². The Morgan fingerprint density at radius 1 is 0.333 bits per heavy atom. The lowest BCUT2D eigenvalue weighted by Gasteiger charge is -2.08. The molecule has 14 rings (SSSR count). The molecule has 0 unspecified atom stereocenters. The molecular weight excluding hydrogens is 1510 g/mol. The lowest BCUT2D eigenvalue weighted by atomic mass is 10.2. The molecular formula is C70H48Cl5F3IN5O15. The second-order valence-corrected chi connectivity index (χ2v) is 22.6. The van der Waals surface area contributed by atoms with Gasteiger partial charge in [0.2, 0.25) is 0 Å². The van der Waals surface area contributed by atoms with Gasteiger partial charge in [0.25, 0.3) is 0 Å². The molecule has 5 heterocycles. The van der Waals surface area contributed by atoms with Crippen LogP contribution in [0.15, 0.2) is 264 Å². The number of hydrogen-bond acceptors (Lipinski definition) is 15. The number of aryl methyl sites for hydroxylation is 1. The van der Waals surface area contributed by atoms with Crippen molar-refractivity contribution in [3.63, 3.8) is 0 Å². The Balaban J connectivity index is 0.000000154. The number of rotatable bonds is 7. The Morgan fingerprint density at radius 3 is 0.899 bits per heavy atom. The fourth-order valence-corrected chi connectivity index (χ4v) is 10.1. The molecule has 99 heavy (non-hydrogen) atoms. The van der Waals surface area contributed by atoms with E-state index in [1.54, 1.807) is 97.1 Å². The lowest BCUT2D eigenvalue weighted by Crippen LogP contribution is -2.25. The Morgan fingerprint density at radius 2 is 0.596 bits per heavy atom. The van der Waals surface area contributed by atoms with Crippen molar-refractivity contribution in [1.29, 1.82) is 0 Å². The first-order valence-corrected chi connectivity index (χ1v) is 32.7. The maximum absolute atomic E-state index is 12.9. The van der Waals surface area contributed by atoms with Gasteiger partial charge < -0.3 is 22.1 Å². The molecule has 2 N–H and O–H groups in total. The fraction of sp³-hybridized carbons (Fsp3) is 0.0857. The van der Waals surface area contributed by atoms with E-state index in [1.165, 1.54) is 86.0 Å². The van der Waals surface area contributed by atoms with E-state index in [2.05, 4.69) is 41.4 Å². The normalized spacial score (nSPS) is 10.5. The highest BCUT2D eigenvalue weighted by atomic mass is 127. The molecule has 5 aromatic heterocycles. The van der Waals surface area contributed by atoms with Crippen LogP contribution >= 0.6 is 80.6 Å². The Bertz CT molecular complexity index is 5600. The molecule has 20 nitrogen and oxygen atoms in total. The second kappa shape index (κ2) is 34.7. The monoisotopic (exact) mass is 1560 g/mol. The first-order valence-electron chi connectivity index (χ1n) is 28.7. The van der Waals surface area contributed by atoms with Crippen molar-refractivity contribution in [3.8, 4) is 0 Å². The van der Waals surface area contributed by atoms with Gasteiger partial charge in [-0.1, -0.05) is 154 Å². The molecule has 0 aliphatic carbocycles. The number of benzene rings is 9. The third kappa shape index (κ3) is 20.1. The molecule has 0 saturated carbocycles. The van der Waals surface area contributed by atoms with E-state index >= 15 is 0 Å². The maximum atomic E-state index is 12.9. The summed E-state index contributed by atoms with van der Waals surface area (Å²) in [6, 6.07) is 50.7. The largest absolute Gasteiger partial charge is 0.422 e. The van der Waals surface area contributed by atoms with Crippen molar-refractivity contribution in [2.24, 2.45) is 0 Å². The van der Waals surface area contributed by atoms with Crippen LogP contribution < -0.4 is 56.9 Å². The van der Waals surface area contributed by atoms with E-state index in [1.807, 2.05) is 42.2 Å². The van der Waals surface area contributed by atoms with Gasteiger partial charge in [-0.15, -0.1) is 0 Å². The number of hydrogen-bond donors (Lipinski definition) is 2. The molecule has 29 heteroatoms. The van der Waals surface area contributed by atoms with Crippen molar-refractivity contribution in [3.05, 3.63) is 364 Å². The van der Waals surface area contributed by atoms with Crippen molar-refractivity contribution in [2.45, 2.75) is 33.0 Å². The molecule has 0 spiro atoms. The smallest absolute Gasteiger partial charge is 0.372 e. The number of aromatic amines is 2. The summed E-state index contributed by atoms with van der Waals surface area (Å²) in [5.74, 6) is -4.61. The predicted octanol–water partition coefficient (Wildman–Crippen LogP) is 14.0. The van der Waals surface area contributed by atoms with Crippen molar-refractivity contribution in [2.75, 3.05) is 4.93 Å². The Labute approximate surface area is 591 Å². The van der Waals surface area contributed by atoms with Crippen molar-refractivity contribution >= 4 is 135 Å². The molecule has 0 aliphatic rings. The quantitative estimate of drug-likeness (QED) is 0.111. The van der Waals surface area contributed by atoms with E-state index in [-0.39, 0.29) is 52.1 Å². The van der Waals surface area contributed by atoms with Crippen LogP contribution in [0.2, 0.25) is 25.1 Å². The number of nitrogens with zero attached hydrogens (tertiary/aromatic N) is 3. The molecule has 506 valence electrons. The summed E-state index contributed by atoms with van der Waals surface area (Å²) in [6.45, 7) is 2.72. The minimum Gasteiger partial charge on any atom is -0.372 e. The van der Waals surface area contributed by atoms with Crippen LogP contribution in [-0.4, -0.2) is 28.6 Å². The number of nitrogens with one attached hydrogen (secondary N) is 2. The van der Waals surface area contributed by atoms with Crippen LogP contribution in [0.3, 0.4) is 0 Å². The number of H-pyrrole nitrogens is 2. The minimum absolute atomic E-state index is 0.160. The zero-order chi connectivity index (χ0) is 71.6. The van der Waals surface area contributed by atoms with Gasteiger partial charge in [-0.25, -0.2) is 61.1 Å². The van der Waals surface area contributed by atoms with Crippen LogP contribution in [0.5, 0.6) is 0 Å². The summed E-state index contributed by atoms with van der Waals surface area (Å²) in [5.41, 5.74) is 2.26. The molecule has 0 fully saturated rings. The van der Waals surface area contributed by atoms with Gasteiger partial charge in [0.05, 0.1) is 74.1 Å². The highest BCUT2D eigenvalue weighted by Crippen LogP contribution is 2.21. The third-order valence-corrected chi connectivity index (χ3v) is 15.0. The van der Waals surface area contributed by atoms with E-state index in [0.717, 1.165) is 12.0 Å². The second-order valence-electron chi connectivity index (χ2n) is 20.4. The van der Waals surface area contributed by atoms with Gasteiger partial charge >= 0.3 is 56.9 Å². The summed E-state index contributed by atoms with van der Waals surface area (Å²) in [4.78, 5) is 121. The van der Waals surface area contributed by atoms with Gasteiger partial charge in [-0.2, -0.15) is 0 Å². The Hall–Kier alpha value is -10.4. The Kier molecular flexibility index (Phi) is 26.1. The molecule has 0 atom stereocenters. The summed E-state index contributed by atoms with van der Waals surface area (Å²) in [6.07, 6.45) is 0.972. The van der Waals surface area contributed by atoms with E-state index in [0.29, 0.717) is 75.8 Å². The molecule has 9 aromatic carbocycles. The van der Waals surface area contributed by atoms with E-state index in [9.17, 15) is 61.1 Å². The average molecular weight is 1560 g/mol. The highest BCUT2D eigenvalue weighted by molar-refractivity contribution is 14.1. The molecule has 0 amide bonds. The number of aromatic nitrogens is 5. The zero-order valence-electron chi connectivity index (χ0n) is 51.2. The van der Waals surface area contributed by atoms with Gasteiger partial charge in [0, 0.05) is 25.1 Å². The molecule has 0 radical (unpaired) electrons. The average Bonchev–Trinajstić information content (AvgIpc) is 0.801. The SMILES string of the molecule is CCc1ccc(F)cc1.CI.O=c1[nH]c2ccc(Cl)cc2c(=O)o1.O=c1[nH]c2ccc(Cl)cc2c(=O)o1.O=c1oc(=O)n(Cc2ccc(F)cc2)c2ccc(Cl)cc12.O=c1oc(=O)n(Cc2ccc(F)cc2)c2ccc(Cl)cc12.O=c1oc(=O)n(Cc2ccccc2)c2ccc(Cl)cc12. The van der Waals surface area contributed by atoms with Crippen LogP contribution in [0, 0.1) is 17.5 Å². The number of fused-ring (bicyclic) bond motifs is 5. The van der Waals surface area contributed by atoms with Gasteiger partial charge in [0.1, 0.15) is 17.5 Å². The topological polar surface area (TPSA) is 283 Å². The fourth-order valence-electron chi connectivity index (χ4n) is 9.20. The lowest BCUT2D eigenvalue weighted by molar-refractivity contribution is 0.424. The minimum atomic E-state index is -0.765. The number of alkyl halides is 1. The van der Waals surface area contributed by atoms with Crippen LogP contribution in [0.25, 0.3) is 54.5 Å². The van der Waals surface area contributed by atoms with E-state index < -0.39 is 56.9 Å². The van der Waals surface area contributed by atoms with Crippen LogP contribution in [0.4, 0.5) is 13.2 Å². The highest BCUT2D eigenvalue weighted by Gasteiger charge is 2.14. The first-order chi connectivity index (χ1) is 47.4. The van der Waals surface area contributed by atoms with Crippen molar-refractivity contribution < 1.29 is 35.3 Å². The predicted molar refractivity (Wildman–Crippen MR) is 384 cm³/mol. The molecule has 0 bridgehead atoms. The maximum Gasteiger partial charge on any atom is 0.422 e. The summed E-state index contributed by atoms with van der Waals surface area (Å²) >= 11 is 31.0. The number of halogens is 9. The molecule has 0 aliphatic heterocycles. The first kappa shape index (κ1) is 74.4.